The van der Waals surface area contributed by atoms with Crippen molar-refractivity contribution < 1.29 is 23.9 Å². The van der Waals surface area contributed by atoms with Crippen LogP contribution in [0.3, 0.4) is 0 Å². The molecule has 0 spiro atoms. The monoisotopic (exact) mass is 402 g/mol. The number of carbonyl (C=O) groups excluding carboxylic acids is 3. The lowest BCUT2D eigenvalue weighted by Gasteiger charge is -2.40. The summed E-state index contributed by atoms with van der Waals surface area (Å²) in [6, 6.07) is 8.84. The van der Waals surface area contributed by atoms with Crippen LogP contribution in [0.1, 0.15) is 45.6 Å². The summed E-state index contributed by atoms with van der Waals surface area (Å²) in [5.41, 5.74) is 0.370. The van der Waals surface area contributed by atoms with Gasteiger partial charge in [-0.3, -0.25) is 4.79 Å². The number of likely N-dealkylation sites (tertiary alicyclic amines) is 1. The van der Waals surface area contributed by atoms with Crippen LogP contribution in [0.2, 0.25) is 0 Å². The number of carbonyl (C=O) groups is 3. The summed E-state index contributed by atoms with van der Waals surface area (Å²) < 4.78 is 10.8. The Kier molecular flexibility index (Phi) is 6.45. The highest BCUT2D eigenvalue weighted by molar-refractivity contribution is 5.97. The summed E-state index contributed by atoms with van der Waals surface area (Å²) in [6.07, 6.45) is 2.03. The smallest absolute Gasteiger partial charge is 0.410 e. The molecule has 0 aromatic heterocycles. The molecule has 158 valence electrons. The molecule has 29 heavy (non-hydrogen) atoms. The molecular formula is C22H30N2O5. The van der Waals surface area contributed by atoms with Gasteiger partial charge in [0.15, 0.2) is 0 Å². The summed E-state index contributed by atoms with van der Waals surface area (Å²) in [5, 5.41) is 2.66. The van der Waals surface area contributed by atoms with Crippen molar-refractivity contribution in [1.29, 1.82) is 0 Å². The Hall–Kier alpha value is -2.57. The molecule has 2 amide bonds. The van der Waals surface area contributed by atoms with E-state index < -0.39 is 23.5 Å². The van der Waals surface area contributed by atoms with Gasteiger partial charge >= 0.3 is 12.1 Å². The van der Waals surface area contributed by atoms with Crippen molar-refractivity contribution in [3.8, 4) is 0 Å². The Balaban J connectivity index is 1.51. The number of hydrogen-bond donors (Lipinski definition) is 1. The zero-order chi connectivity index (χ0) is 21.0. The van der Waals surface area contributed by atoms with Crippen LogP contribution in [-0.2, 0) is 25.7 Å². The second-order valence-corrected chi connectivity index (χ2v) is 8.86. The Morgan fingerprint density at radius 1 is 1.21 bits per heavy atom. The molecule has 0 saturated carbocycles. The molecule has 0 aliphatic carbocycles. The highest BCUT2D eigenvalue weighted by Gasteiger charge is 2.46. The van der Waals surface area contributed by atoms with E-state index >= 15 is 0 Å². The van der Waals surface area contributed by atoms with Crippen LogP contribution in [0.15, 0.2) is 30.3 Å². The van der Waals surface area contributed by atoms with Gasteiger partial charge in [-0.15, -0.1) is 0 Å². The van der Waals surface area contributed by atoms with E-state index in [2.05, 4.69) is 5.32 Å². The first-order valence-electron chi connectivity index (χ1n) is 10.2. The van der Waals surface area contributed by atoms with Crippen LogP contribution < -0.4 is 5.32 Å². The standard InChI is InChI=1S/C22H30N2O5/c1-22(2,3)29-21(27)24-11-7-10-16(13-24)12-17-18(23-19(17)25)20(26)28-14-15-8-5-4-6-9-15/h4-6,8-9,16-18H,7,10-14H2,1-3H3,(H,23,25)/t16?,17-,18?/m1/s1. The summed E-state index contributed by atoms with van der Waals surface area (Å²) >= 11 is 0. The van der Waals surface area contributed by atoms with Crippen LogP contribution in [-0.4, -0.2) is 47.6 Å². The lowest BCUT2D eigenvalue weighted by molar-refractivity contribution is -0.159. The number of nitrogens with zero attached hydrogens (tertiary/aromatic N) is 1. The second kappa shape index (κ2) is 8.84. The molecule has 7 nitrogen and oxygen atoms in total. The van der Waals surface area contributed by atoms with Gasteiger partial charge in [-0.05, 0) is 51.5 Å². The highest BCUT2D eigenvalue weighted by atomic mass is 16.6. The third kappa shape index (κ3) is 5.71. The molecule has 2 saturated heterocycles. The maximum Gasteiger partial charge on any atom is 0.410 e. The molecule has 2 heterocycles. The number of rotatable bonds is 5. The molecule has 1 N–H and O–H groups in total. The van der Waals surface area contributed by atoms with E-state index in [-0.39, 0.29) is 24.5 Å². The highest BCUT2D eigenvalue weighted by Crippen LogP contribution is 2.30. The zero-order valence-electron chi connectivity index (χ0n) is 17.3. The SMILES string of the molecule is CC(C)(C)OC(=O)N1CCCC(C[C@H]2C(=O)NC2C(=O)OCc2ccccc2)C1. The Labute approximate surface area is 171 Å². The summed E-state index contributed by atoms with van der Waals surface area (Å²) in [5.74, 6) is -0.766. The molecule has 2 aliphatic heterocycles. The number of nitrogens with one attached hydrogen (secondary N) is 1. The van der Waals surface area contributed by atoms with Crippen LogP contribution in [0, 0.1) is 11.8 Å². The van der Waals surface area contributed by atoms with Gasteiger partial charge in [-0.1, -0.05) is 30.3 Å². The Bertz CT molecular complexity index is 743. The maximum atomic E-state index is 12.4. The van der Waals surface area contributed by atoms with Crippen molar-refractivity contribution in [2.24, 2.45) is 11.8 Å². The summed E-state index contributed by atoms with van der Waals surface area (Å²) in [6.45, 7) is 6.92. The van der Waals surface area contributed by atoms with E-state index in [9.17, 15) is 14.4 Å². The fraction of sp³-hybridized carbons (Fsp3) is 0.591. The lowest BCUT2D eigenvalue weighted by Crippen LogP contribution is -2.63. The Morgan fingerprint density at radius 2 is 1.93 bits per heavy atom. The molecule has 3 rings (SSSR count). The lowest BCUT2D eigenvalue weighted by atomic mass is 9.80. The van der Waals surface area contributed by atoms with Gasteiger partial charge in [0.05, 0.1) is 5.92 Å². The number of esters is 1. The van der Waals surface area contributed by atoms with E-state index in [1.807, 2.05) is 51.1 Å². The predicted octanol–water partition coefficient (Wildman–Crippen LogP) is 2.88. The quantitative estimate of drug-likeness (QED) is 0.605. The first kappa shape index (κ1) is 21.1. The summed E-state index contributed by atoms with van der Waals surface area (Å²) in [4.78, 5) is 38.5. The molecule has 1 aromatic rings. The third-order valence-corrected chi connectivity index (χ3v) is 5.27. The first-order chi connectivity index (χ1) is 13.7. The largest absolute Gasteiger partial charge is 0.459 e. The molecule has 1 aromatic carbocycles. The molecule has 2 unspecified atom stereocenters. The number of benzene rings is 1. The number of ether oxygens (including phenoxy) is 2. The van der Waals surface area contributed by atoms with Crippen LogP contribution in [0.25, 0.3) is 0 Å². The van der Waals surface area contributed by atoms with Crippen LogP contribution in [0.5, 0.6) is 0 Å². The molecule has 7 heteroatoms. The maximum absolute atomic E-state index is 12.4. The minimum Gasteiger partial charge on any atom is -0.459 e. The number of piperidine rings is 1. The van der Waals surface area contributed by atoms with Crippen LogP contribution in [0.4, 0.5) is 4.79 Å². The zero-order valence-corrected chi connectivity index (χ0v) is 17.3. The van der Waals surface area contributed by atoms with Gasteiger partial charge in [0.2, 0.25) is 5.91 Å². The van der Waals surface area contributed by atoms with Crippen molar-refractivity contribution in [1.82, 2.24) is 10.2 Å². The van der Waals surface area contributed by atoms with E-state index in [0.29, 0.717) is 19.5 Å². The van der Waals surface area contributed by atoms with Crippen LogP contribution >= 0.6 is 0 Å². The normalized spacial score (nSPS) is 24.3. The molecule has 3 atom stereocenters. The van der Waals surface area contributed by atoms with E-state index in [1.165, 1.54) is 0 Å². The number of hydrogen-bond acceptors (Lipinski definition) is 5. The van der Waals surface area contributed by atoms with Gasteiger partial charge in [-0.2, -0.15) is 0 Å². The molecule has 0 bridgehead atoms. The Morgan fingerprint density at radius 3 is 2.59 bits per heavy atom. The number of β-lactam (4-membered cyclic amide) rings is 1. The summed E-state index contributed by atoms with van der Waals surface area (Å²) in [7, 11) is 0. The van der Waals surface area contributed by atoms with E-state index in [1.54, 1.807) is 4.90 Å². The molecule has 2 aliphatic rings. The van der Waals surface area contributed by atoms with Crippen molar-refractivity contribution in [3.05, 3.63) is 35.9 Å². The van der Waals surface area contributed by atoms with Crippen molar-refractivity contribution in [2.45, 2.75) is 58.3 Å². The van der Waals surface area contributed by atoms with Crippen molar-refractivity contribution in [2.75, 3.05) is 13.1 Å². The van der Waals surface area contributed by atoms with Crippen molar-refractivity contribution in [3.63, 3.8) is 0 Å². The topological polar surface area (TPSA) is 84.9 Å². The van der Waals surface area contributed by atoms with Crippen molar-refractivity contribution >= 4 is 18.0 Å². The van der Waals surface area contributed by atoms with Gasteiger partial charge in [-0.25, -0.2) is 9.59 Å². The molecule has 0 radical (unpaired) electrons. The van der Waals surface area contributed by atoms with Gasteiger partial charge in [0, 0.05) is 13.1 Å². The average molecular weight is 402 g/mol. The second-order valence-electron chi connectivity index (χ2n) is 8.86. The van der Waals surface area contributed by atoms with Gasteiger partial charge in [0.25, 0.3) is 0 Å². The van der Waals surface area contributed by atoms with Gasteiger partial charge < -0.3 is 19.7 Å². The van der Waals surface area contributed by atoms with E-state index in [4.69, 9.17) is 9.47 Å². The fourth-order valence-electron chi connectivity index (χ4n) is 3.81. The average Bonchev–Trinajstić information content (AvgIpc) is 2.68. The van der Waals surface area contributed by atoms with Gasteiger partial charge in [0.1, 0.15) is 18.2 Å². The first-order valence-corrected chi connectivity index (χ1v) is 10.2. The number of amides is 2. The minimum absolute atomic E-state index is 0.124. The van der Waals surface area contributed by atoms with E-state index in [0.717, 1.165) is 18.4 Å². The third-order valence-electron chi connectivity index (χ3n) is 5.27. The fourth-order valence-corrected chi connectivity index (χ4v) is 3.81. The minimum atomic E-state index is -0.608. The molecular weight excluding hydrogens is 372 g/mol. The molecule has 2 fully saturated rings. The predicted molar refractivity (Wildman–Crippen MR) is 107 cm³/mol.